The van der Waals surface area contributed by atoms with Crippen LogP contribution in [0.2, 0.25) is 0 Å². The van der Waals surface area contributed by atoms with Gasteiger partial charge in [-0.2, -0.15) is 0 Å². The van der Waals surface area contributed by atoms with Crippen molar-refractivity contribution >= 4 is 17.8 Å². The molecule has 0 bridgehead atoms. The Morgan fingerprint density at radius 1 is 1.07 bits per heavy atom. The van der Waals surface area contributed by atoms with Gasteiger partial charge < -0.3 is 19.1 Å². The number of benzene rings is 1. The molecule has 2 aliphatic rings. The van der Waals surface area contributed by atoms with E-state index in [0.29, 0.717) is 5.56 Å². The van der Waals surface area contributed by atoms with Crippen LogP contribution in [0.3, 0.4) is 0 Å². The fourth-order valence-corrected chi connectivity index (χ4v) is 3.96. The summed E-state index contributed by atoms with van der Waals surface area (Å²) in [6.07, 6.45) is 0. The lowest BCUT2D eigenvalue weighted by atomic mass is 9.98. The number of amides is 1. The van der Waals surface area contributed by atoms with E-state index in [9.17, 15) is 14.4 Å². The van der Waals surface area contributed by atoms with E-state index in [1.807, 2.05) is 0 Å². The summed E-state index contributed by atoms with van der Waals surface area (Å²) in [7, 11) is 0. The van der Waals surface area contributed by atoms with Gasteiger partial charge >= 0.3 is 11.9 Å². The highest BCUT2D eigenvalue weighted by atomic mass is 19.1. The van der Waals surface area contributed by atoms with E-state index >= 15 is 4.39 Å². The van der Waals surface area contributed by atoms with Gasteiger partial charge in [0.15, 0.2) is 0 Å². The number of hydrogen-bond acceptors (Lipinski definition) is 6. The summed E-state index contributed by atoms with van der Waals surface area (Å²) in [5.41, 5.74) is -4.76. The molecule has 2 fully saturated rings. The molecule has 1 aliphatic carbocycles. The predicted octanol–water partition coefficient (Wildman–Crippen LogP) is 1.46. The van der Waals surface area contributed by atoms with Crippen LogP contribution in [0.1, 0.15) is 25.3 Å². The number of hydrogen-bond donors (Lipinski definition) is 0. The van der Waals surface area contributed by atoms with Crippen LogP contribution in [0.5, 0.6) is 0 Å². The first-order valence-corrected chi connectivity index (χ1v) is 9.41. The molecule has 1 amide bonds. The Hall–Kier alpha value is -2.48. The van der Waals surface area contributed by atoms with Crippen molar-refractivity contribution in [1.82, 2.24) is 4.90 Å². The molecule has 0 aromatic heterocycles. The summed E-state index contributed by atoms with van der Waals surface area (Å²) >= 11 is 0. The van der Waals surface area contributed by atoms with Gasteiger partial charge in [-0.1, -0.05) is 30.3 Å². The van der Waals surface area contributed by atoms with Gasteiger partial charge in [0.05, 0.1) is 32.3 Å². The first kappa shape index (κ1) is 20.3. The maximum Gasteiger partial charge on any atom is 0.328 e. The molecule has 28 heavy (non-hydrogen) atoms. The van der Waals surface area contributed by atoms with Crippen LogP contribution in [0.4, 0.5) is 4.39 Å². The molecule has 1 aromatic carbocycles. The highest BCUT2D eigenvalue weighted by Gasteiger charge is 2.92. The summed E-state index contributed by atoms with van der Waals surface area (Å²) in [5.74, 6) is -4.38. The zero-order valence-electron chi connectivity index (χ0n) is 16.0. The third-order valence-corrected chi connectivity index (χ3v) is 5.26. The van der Waals surface area contributed by atoms with Crippen LogP contribution >= 0.6 is 0 Å². The summed E-state index contributed by atoms with van der Waals surface area (Å²) in [5, 5.41) is 0. The molecule has 3 rings (SSSR count). The monoisotopic (exact) mass is 393 g/mol. The molecule has 7 nitrogen and oxygen atoms in total. The lowest BCUT2D eigenvalue weighted by Gasteiger charge is -2.29. The van der Waals surface area contributed by atoms with Crippen molar-refractivity contribution in [1.29, 1.82) is 0 Å². The van der Waals surface area contributed by atoms with Gasteiger partial charge in [-0.3, -0.25) is 14.4 Å². The molecule has 1 unspecified atom stereocenters. The standard InChI is InChI=1S/C20H24FNO6/c1-3-27-17(24)19(18(25)28-4-2)15(14-8-6-5-7-9-14)20(19,21)16(23)22-10-12-26-13-11-22/h5-9,15H,3-4,10-13H2,1-2H3/t15?,20-/m0/s1. The van der Waals surface area contributed by atoms with Crippen molar-refractivity contribution in [2.75, 3.05) is 39.5 Å². The van der Waals surface area contributed by atoms with Crippen LogP contribution in [0.25, 0.3) is 0 Å². The molecule has 8 heteroatoms. The topological polar surface area (TPSA) is 82.1 Å². The fourth-order valence-electron chi connectivity index (χ4n) is 3.96. The van der Waals surface area contributed by atoms with E-state index in [2.05, 4.69) is 0 Å². The molecule has 0 spiro atoms. The van der Waals surface area contributed by atoms with Crippen molar-refractivity contribution in [2.45, 2.75) is 25.4 Å². The normalized spacial score (nSPS) is 25.7. The second-order valence-electron chi connectivity index (χ2n) is 6.71. The van der Waals surface area contributed by atoms with E-state index in [1.54, 1.807) is 44.2 Å². The van der Waals surface area contributed by atoms with Crippen LogP contribution in [-0.2, 0) is 28.6 Å². The van der Waals surface area contributed by atoms with Gasteiger partial charge in [0.25, 0.3) is 5.91 Å². The van der Waals surface area contributed by atoms with Crippen LogP contribution in [-0.4, -0.2) is 67.9 Å². The average molecular weight is 393 g/mol. The predicted molar refractivity (Wildman–Crippen MR) is 96.1 cm³/mol. The first-order valence-electron chi connectivity index (χ1n) is 9.41. The van der Waals surface area contributed by atoms with E-state index in [-0.39, 0.29) is 39.5 Å². The highest BCUT2D eigenvalue weighted by Crippen LogP contribution is 2.72. The number of esters is 2. The van der Waals surface area contributed by atoms with Gasteiger partial charge in [0, 0.05) is 13.1 Å². The Bertz CT molecular complexity index is 730. The van der Waals surface area contributed by atoms with E-state index in [1.165, 1.54) is 4.90 Å². The third-order valence-electron chi connectivity index (χ3n) is 5.26. The quantitative estimate of drug-likeness (QED) is 0.538. The van der Waals surface area contributed by atoms with Crippen molar-refractivity contribution < 1.29 is 33.0 Å². The van der Waals surface area contributed by atoms with Crippen molar-refractivity contribution in [3.05, 3.63) is 35.9 Å². The Morgan fingerprint density at radius 2 is 1.61 bits per heavy atom. The molecule has 0 radical (unpaired) electrons. The van der Waals surface area contributed by atoms with Gasteiger partial charge in [-0.15, -0.1) is 0 Å². The molecule has 2 atom stereocenters. The number of morpholine rings is 1. The van der Waals surface area contributed by atoms with E-state index < -0.39 is 34.8 Å². The van der Waals surface area contributed by atoms with Crippen molar-refractivity contribution in [3.63, 3.8) is 0 Å². The summed E-state index contributed by atoms with van der Waals surface area (Å²) in [4.78, 5) is 40.2. The smallest absolute Gasteiger partial charge is 0.328 e. The lowest BCUT2D eigenvalue weighted by molar-refractivity contribution is -0.170. The number of nitrogens with zero attached hydrogens (tertiary/aromatic N) is 1. The number of rotatable bonds is 6. The molecule has 1 saturated carbocycles. The highest BCUT2D eigenvalue weighted by molar-refractivity contribution is 6.16. The Balaban J connectivity index is 2.10. The number of ether oxygens (including phenoxy) is 3. The Morgan fingerprint density at radius 3 is 2.11 bits per heavy atom. The fraction of sp³-hybridized carbons (Fsp3) is 0.550. The number of carbonyl (C=O) groups excluding carboxylic acids is 3. The zero-order chi connectivity index (χ0) is 20.4. The van der Waals surface area contributed by atoms with E-state index in [4.69, 9.17) is 14.2 Å². The number of carbonyl (C=O) groups is 3. The minimum absolute atomic E-state index is 0.0523. The first-order chi connectivity index (χ1) is 13.5. The molecule has 1 saturated heterocycles. The zero-order valence-corrected chi connectivity index (χ0v) is 16.0. The van der Waals surface area contributed by atoms with Gasteiger partial charge in [0.1, 0.15) is 0 Å². The van der Waals surface area contributed by atoms with Gasteiger partial charge in [-0.05, 0) is 19.4 Å². The van der Waals surface area contributed by atoms with Crippen molar-refractivity contribution in [3.8, 4) is 0 Å². The van der Waals surface area contributed by atoms with E-state index in [0.717, 1.165) is 0 Å². The third kappa shape index (κ3) is 2.87. The Labute approximate surface area is 162 Å². The SMILES string of the molecule is CCOC(=O)C1(C(=O)OCC)C(c2ccccc2)[C@]1(F)C(=O)N1CCOCC1. The maximum absolute atomic E-state index is 16.5. The van der Waals surface area contributed by atoms with Crippen molar-refractivity contribution in [2.24, 2.45) is 5.41 Å². The molecule has 0 N–H and O–H groups in total. The van der Waals surface area contributed by atoms with Gasteiger partial charge in [-0.25, -0.2) is 4.39 Å². The second-order valence-corrected chi connectivity index (χ2v) is 6.71. The minimum atomic E-state index is -2.77. The number of halogens is 1. The minimum Gasteiger partial charge on any atom is -0.465 e. The molecule has 1 aliphatic heterocycles. The largest absolute Gasteiger partial charge is 0.465 e. The van der Waals surface area contributed by atoms with Crippen LogP contribution < -0.4 is 0 Å². The second kappa shape index (κ2) is 7.87. The molecule has 1 aromatic rings. The molecule has 1 heterocycles. The number of alkyl halides is 1. The maximum atomic E-state index is 16.5. The lowest BCUT2D eigenvalue weighted by Crippen LogP contribution is -2.50. The molecular weight excluding hydrogens is 369 g/mol. The summed E-state index contributed by atoms with van der Waals surface area (Å²) in [6.45, 7) is 3.92. The van der Waals surface area contributed by atoms with Crippen LogP contribution in [0, 0.1) is 5.41 Å². The van der Waals surface area contributed by atoms with Gasteiger partial charge in [0.2, 0.25) is 11.1 Å². The van der Waals surface area contributed by atoms with Crippen LogP contribution in [0.15, 0.2) is 30.3 Å². The summed E-state index contributed by atoms with van der Waals surface area (Å²) in [6, 6.07) is 8.23. The Kier molecular flexibility index (Phi) is 5.69. The molecule has 152 valence electrons. The average Bonchev–Trinajstić information content (AvgIpc) is 3.31. The summed E-state index contributed by atoms with van der Waals surface area (Å²) < 4.78 is 31.8. The molecular formula is C20H24FNO6.